The van der Waals surface area contributed by atoms with Gasteiger partial charge in [0.15, 0.2) is 0 Å². The smallest absolute Gasteiger partial charge is 0.220 e. The van der Waals surface area contributed by atoms with E-state index in [4.69, 9.17) is 0 Å². The van der Waals surface area contributed by atoms with E-state index < -0.39 is 0 Å². The molecule has 0 unspecified atom stereocenters. The summed E-state index contributed by atoms with van der Waals surface area (Å²) < 4.78 is 0. The molecule has 0 spiro atoms. The van der Waals surface area contributed by atoms with E-state index in [2.05, 4.69) is 24.5 Å². The number of amides is 1. The van der Waals surface area contributed by atoms with E-state index >= 15 is 0 Å². The summed E-state index contributed by atoms with van der Waals surface area (Å²) in [5.41, 5.74) is 0. The molecule has 0 atom stereocenters. The molecule has 3 heteroatoms. The molecular weight excluding hydrogens is 212 g/mol. The summed E-state index contributed by atoms with van der Waals surface area (Å²) in [7, 11) is 0. The summed E-state index contributed by atoms with van der Waals surface area (Å²) in [4.78, 5) is 11.6. The van der Waals surface area contributed by atoms with Gasteiger partial charge in [-0.05, 0) is 31.7 Å². The van der Waals surface area contributed by atoms with Crippen molar-refractivity contribution in [1.29, 1.82) is 0 Å². The van der Waals surface area contributed by atoms with Crippen molar-refractivity contribution in [3.8, 4) is 0 Å². The molecule has 100 valence electrons. The van der Waals surface area contributed by atoms with Crippen molar-refractivity contribution in [2.45, 2.75) is 64.8 Å². The maximum atomic E-state index is 11.6. The number of rotatable bonds is 7. The average molecular weight is 240 g/mol. The van der Waals surface area contributed by atoms with Crippen molar-refractivity contribution in [2.24, 2.45) is 5.92 Å². The van der Waals surface area contributed by atoms with Crippen molar-refractivity contribution in [3.05, 3.63) is 0 Å². The zero-order valence-electron chi connectivity index (χ0n) is 11.4. The Morgan fingerprint density at radius 2 is 1.94 bits per heavy atom. The summed E-state index contributed by atoms with van der Waals surface area (Å²) in [5.74, 6) is 0.961. The van der Waals surface area contributed by atoms with Crippen molar-refractivity contribution in [1.82, 2.24) is 10.6 Å². The number of carbonyl (C=O) groups excluding carboxylic acids is 1. The summed E-state index contributed by atoms with van der Waals surface area (Å²) in [6.07, 6.45) is 8.27. The molecule has 1 aliphatic carbocycles. The van der Waals surface area contributed by atoms with Gasteiger partial charge in [-0.3, -0.25) is 4.79 Å². The quantitative estimate of drug-likeness (QED) is 0.671. The highest BCUT2D eigenvalue weighted by Gasteiger charge is 2.13. The largest absolute Gasteiger partial charge is 0.356 e. The highest BCUT2D eigenvalue weighted by Crippen LogP contribution is 2.22. The normalized spacial score (nSPS) is 17.4. The second kappa shape index (κ2) is 8.51. The fourth-order valence-corrected chi connectivity index (χ4v) is 2.38. The van der Waals surface area contributed by atoms with Crippen LogP contribution >= 0.6 is 0 Å². The minimum Gasteiger partial charge on any atom is -0.356 e. The fourth-order valence-electron chi connectivity index (χ4n) is 2.38. The molecule has 2 N–H and O–H groups in total. The highest BCUT2D eigenvalue weighted by atomic mass is 16.1. The Morgan fingerprint density at radius 3 is 2.59 bits per heavy atom. The first-order valence-corrected chi connectivity index (χ1v) is 7.18. The Morgan fingerprint density at radius 1 is 1.24 bits per heavy atom. The first-order chi connectivity index (χ1) is 8.18. The minimum atomic E-state index is 0.223. The van der Waals surface area contributed by atoms with Crippen LogP contribution in [0.1, 0.15) is 58.8 Å². The van der Waals surface area contributed by atoms with Gasteiger partial charge in [0.25, 0.3) is 0 Å². The van der Waals surface area contributed by atoms with Crippen LogP contribution in [0.2, 0.25) is 0 Å². The van der Waals surface area contributed by atoms with E-state index in [1.54, 1.807) is 0 Å². The van der Waals surface area contributed by atoms with Crippen LogP contribution in [-0.4, -0.2) is 25.0 Å². The van der Waals surface area contributed by atoms with Crippen LogP contribution in [0.25, 0.3) is 0 Å². The van der Waals surface area contributed by atoms with E-state index in [-0.39, 0.29) is 5.91 Å². The molecule has 17 heavy (non-hydrogen) atoms. The third-order valence-corrected chi connectivity index (χ3v) is 3.45. The van der Waals surface area contributed by atoms with Gasteiger partial charge >= 0.3 is 0 Å². The zero-order chi connectivity index (χ0) is 12.5. The van der Waals surface area contributed by atoms with Crippen LogP contribution in [0.15, 0.2) is 0 Å². The molecule has 0 aromatic carbocycles. The Bertz CT molecular complexity index is 210. The molecule has 0 saturated heterocycles. The van der Waals surface area contributed by atoms with Crippen LogP contribution in [0.3, 0.4) is 0 Å². The average Bonchev–Trinajstić information content (AvgIpc) is 2.33. The molecule has 3 nitrogen and oxygen atoms in total. The maximum absolute atomic E-state index is 11.6. The minimum absolute atomic E-state index is 0.223. The van der Waals surface area contributed by atoms with Gasteiger partial charge in [0.05, 0.1) is 0 Å². The third kappa shape index (κ3) is 7.37. The van der Waals surface area contributed by atoms with Crippen LogP contribution in [0.4, 0.5) is 0 Å². The van der Waals surface area contributed by atoms with Gasteiger partial charge in [0, 0.05) is 19.0 Å². The first kappa shape index (κ1) is 14.5. The number of carbonyl (C=O) groups is 1. The summed E-state index contributed by atoms with van der Waals surface area (Å²) in [6, 6.07) is 0.514. The second-order valence-corrected chi connectivity index (χ2v) is 5.52. The Hall–Kier alpha value is -0.570. The maximum Gasteiger partial charge on any atom is 0.220 e. The van der Waals surface area contributed by atoms with Gasteiger partial charge in [-0.2, -0.15) is 0 Å². The first-order valence-electron chi connectivity index (χ1n) is 7.18. The van der Waals surface area contributed by atoms with Gasteiger partial charge in [-0.15, -0.1) is 0 Å². The molecule has 1 amide bonds. The number of nitrogens with one attached hydrogen (secondary N) is 2. The van der Waals surface area contributed by atoms with E-state index in [0.717, 1.165) is 25.4 Å². The lowest BCUT2D eigenvalue weighted by Gasteiger charge is -2.21. The van der Waals surface area contributed by atoms with Gasteiger partial charge in [0.1, 0.15) is 0 Å². The van der Waals surface area contributed by atoms with Crippen LogP contribution in [0, 0.1) is 5.92 Å². The molecule has 1 fully saturated rings. The van der Waals surface area contributed by atoms with Crippen molar-refractivity contribution >= 4 is 5.91 Å². The number of hydrogen-bond donors (Lipinski definition) is 2. The topological polar surface area (TPSA) is 41.1 Å². The Labute approximate surface area is 106 Å². The lowest BCUT2D eigenvalue weighted by Crippen LogP contribution is -2.31. The predicted octanol–water partition coefficient (Wildman–Crippen LogP) is 2.46. The van der Waals surface area contributed by atoms with Crippen LogP contribution in [-0.2, 0) is 4.79 Å². The van der Waals surface area contributed by atoms with Crippen LogP contribution in [0.5, 0.6) is 0 Å². The molecule has 1 saturated carbocycles. The molecule has 1 aliphatic rings. The van der Waals surface area contributed by atoms with E-state index in [9.17, 15) is 4.79 Å². The van der Waals surface area contributed by atoms with Gasteiger partial charge < -0.3 is 10.6 Å². The van der Waals surface area contributed by atoms with Crippen LogP contribution < -0.4 is 10.6 Å². The van der Waals surface area contributed by atoms with Gasteiger partial charge in [-0.25, -0.2) is 0 Å². The lowest BCUT2D eigenvalue weighted by atomic mass is 9.89. The standard InChI is InChI=1S/C14H28N2O/c1-12(2)15-10-6-9-14(17)16-11-13-7-4-3-5-8-13/h12-13,15H,3-11H2,1-2H3,(H,16,17). The second-order valence-electron chi connectivity index (χ2n) is 5.52. The summed E-state index contributed by atoms with van der Waals surface area (Å²) >= 11 is 0. The SMILES string of the molecule is CC(C)NCCCC(=O)NCC1CCCCC1. The number of hydrogen-bond acceptors (Lipinski definition) is 2. The van der Waals surface area contributed by atoms with Crippen molar-refractivity contribution < 1.29 is 4.79 Å². The molecule has 0 radical (unpaired) electrons. The third-order valence-electron chi connectivity index (χ3n) is 3.45. The molecule has 1 rings (SSSR count). The van der Waals surface area contributed by atoms with E-state index in [1.165, 1.54) is 32.1 Å². The molecule has 0 heterocycles. The predicted molar refractivity (Wildman–Crippen MR) is 72.0 cm³/mol. The molecule has 0 bridgehead atoms. The zero-order valence-corrected chi connectivity index (χ0v) is 11.4. The van der Waals surface area contributed by atoms with E-state index in [0.29, 0.717) is 12.5 Å². The summed E-state index contributed by atoms with van der Waals surface area (Å²) in [6.45, 7) is 6.09. The Balaban J connectivity index is 1.96. The van der Waals surface area contributed by atoms with Crippen molar-refractivity contribution in [2.75, 3.05) is 13.1 Å². The molecule has 0 aromatic heterocycles. The summed E-state index contributed by atoms with van der Waals surface area (Å²) in [5, 5.41) is 6.40. The van der Waals surface area contributed by atoms with Crippen molar-refractivity contribution in [3.63, 3.8) is 0 Å². The molecule has 0 aliphatic heterocycles. The lowest BCUT2D eigenvalue weighted by molar-refractivity contribution is -0.121. The Kier molecular flexibility index (Phi) is 7.25. The van der Waals surface area contributed by atoms with Gasteiger partial charge in [0.2, 0.25) is 5.91 Å². The highest BCUT2D eigenvalue weighted by molar-refractivity contribution is 5.75. The fraction of sp³-hybridized carbons (Fsp3) is 0.929. The molecular formula is C14H28N2O. The van der Waals surface area contributed by atoms with E-state index in [1.807, 2.05) is 0 Å². The molecule has 0 aromatic rings. The monoisotopic (exact) mass is 240 g/mol. The van der Waals surface area contributed by atoms with Gasteiger partial charge in [-0.1, -0.05) is 33.1 Å².